The van der Waals surface area contributed by atoms with Gasteiger partial charge < -0.3 is 10.5 Å². The molecule has 78 valence electrons. The zero-order valence-corrected chi connectivity index (χ0v) is 9.21. The molecule has 0 heterocycles. The highest BCUT2D eigenvalue weighted by molar-refractivity contribution is 5.50. The lowest BCUT2D eigenvalue weighted by atomic mass is 10.0. The van der Waals surface area contributed by atoms with E-state index in [-0.39, 0.29) is 0 Å². The van der Waals surface area contributed by atoms with Crippen LogP contribution >= 0.6 is 0 Å². The van der Waals surface area contributed by atoms with Crippen molar-refractivity contribution < 1.29 is 4.74 Å². The normalized spacial score (nSPS) is 10.6. The van der Waals surface area contributed by atoms with Gasteiger partial charge in [0.25, 0.3) is 0 Å². The fourth-order valence-electron chi connectivity index (χ4n) is 1.37. The van der Waals surface area contributed by atoms with Crippen molar-refractivity contribution in [1.29, 1.82) is 0 Å². The van der Waals surface area contributed by atoms with Gasteiger partial charge in [0.2, 0.25) is 0 Å². The van der Waals surface area contributed by atoms with Crippen molar-refractivity contribution in [3.05, 3.63) is 23.8 Å². The molecule has 0 atom stereocenters. The van der Waals surface area contributed by atoms with E-state index in [0.29, 0.717) is 5.92 Å². The summed E-state index contributed by atoms with van der Waals surface area (Å²) in [6.07, 6.45) is 2.19. The zero-order chi connectivity index (χ0) is 10.6. The lowest BCUT2D eigenvalue weighted by Gasteiger charge is -2.09. The standard InChI is InChI=1S/C12H19NO/c1-9(2)4-5-10-8-11(14-3)6-7-12(10)13/h6-9H,4-5,13H2,1-3H3. The van der Waals surface area contributed by atoms with Gasteiger partial charge in [0.15, 0.2) is 0 Å². The Labute approximate surface area is 86.1 Å². The van der Waals surface area contributed by atoms with Crippen LogP contribution in [0.1, 0.15) is 25.8 Å². The SMILES string of the molecule is COc1ccc(N)c(CCC(C)C)c1. The van der Waals surface area contributed by atoms with Gasteiger partial charge in [-0.15, -0.1) is 0 Å². The molecule has 0 fully saturated rings. The van der Waals surface area contributed by atoms with Crippen LogP contribution in [0.4, 0.5) is 5.69 Å². The molecular weight excluding hydrogens is 174 g/mol. The Morgan fingerprint density at radius 1 is 1.36 bits per heavy atom. The first-order valence-corrected chi connectivity index (χ1v) is 5.06. The van der Waals surface area contributed by atoms with Crippen molar-refractivity contribution in [3.8, 4) is 5.75 Å². The highest BCUT2D eigenvalue weighted by Gasteiger charge is 2.02. The van der Waals surface area contributed by atoms with Gasteiger partial charge >= 0.3 is 0 Å². The molecule has 2 nitrogen and oxygen atoms in total. The number of methoxy groups -OCH3 is 1. The van der Waals surface area contributed by atoms with Crippen LogP contribution in [0.3, 0.4) is 0 Å². The largest absolute Gasteiger partial charge is 0.497 e. The third-order valence-electron chi connectivity index (χ3n) is 2.34. The van der Waals surface area contributed by atoms with Crippen LogP contribution in [0.15, 0.2) is 18.2 Å². The van der Waals surface area contributed by atoms with Crippen LogP contribution in [0, 0.1) is 5.92 Å². The van der Waals surface area contributed by atoms with Crippen molar-refractivity contribution in [2.45, 2.75) is 26.7 Å². The Morgan fingerprint density at radius 2 is 2.07 bits per heavy atom. The van der Waals surface area contributed by atoms with Crippen molar-refractivity contribution >= 4 is 5.69 Å². The third-order valence-corrected chi connectivity index (χ3v) is 2.34. The van der Waals surface area contributed by atoms with Gasteiger partial charge in [0.1, 0.15) is 5.75 Å². The number of nitrogens with two attached hydrogens (primary N) is 1. The summed E-state index contributed by atoms with van der Waals surface area (Å²) < 4.78 is 5.16. The van der Waals surface area contributed by atoms with E-state index in [1.807, 2.05) is 18.2 Å². The van der Waals surface area contributed by atoms with Crippen LogP contribution in [-0.2, 0) is 6.42 Å². The molecule has 2 N–H and O–H groups in total. The van der Waals surface area contributed by atoms with Crippen LogP contribution in [0.5, 0.6) is 5.75 Å². The minimum Gasteiger partial charge on any atom is -0.497 e. The van der Waals surface area contributed by atoms with Gasteiger partial charge in [-0.25, -0.2) is 0 Å². The van der Waals surface area contributed by atoms with E-state index in [0.717, 1.165) is 24.3 Å². The van der Waals surface area contributed by atoms with Gasteiger partial charge in [-0.2, -0.15) is 0 Å². The Balaban J connectivity index is 2.73. The van der Waals surface area contributed by atoms with Gasteiger partial charge in [-0.1, -0.05) is 13.8 Å². The van der Waals surface area contributed by atoms with Crippen LogP contribution in [0.25, 0.3) is 0 Å². The molecule has 0 saturated carbocycles. The number of rotatable bonds is 4. The van der Waals surface area contributed by atoms with E-state index in [9.17, 15) is 0 Å². The lowest BCUT2D eigenvalue weighted by molar-refractivity contribution is 0.414. The lowest BCUT2D eigenvalue weighted by Crippen LogP contribution is -1.98. The number of anilines is 1. The molecule has 0 aromatic heterocycles. The van der Waals surface area contributed by atoms with E-state index >= 15 is 0 Å². The Hall–Kier alpha value is -1.18. The summed E-state index contributed by atoms with van der Waals surface area (Å²) in [6, 6.07) is 5.83. The molecule has 0 aliphatic rings. The first-order chi connectivity index (χ1) is 6.63. The smallest absolute Gasteiger partial charge is 0.119 e. The summed E-state index contributed by atoms with van der Waals surface area (Å²) >= 11 is 0. The summed E-state index contributed by atoms with van der Waals surface area (Å²) in [6.45, 7) is 4.44. The maximum absolute atomic E-state index is 5.87. The molecule has 14 heavy (non-hydrogen) atoms. The third kappa shape index (κ3) is 2.95. The maximum atomic E-state index is 5.87. The van der Waals surface area contributed by atoms with Gasteiger partial charge in [-0.05, 0) is 42.5 Å². The maximum Gasteiger partial charge on any atom is 0.119 e. The highest BCUT2D eigenvalue weighted by Crippen LogP contribution is 2.21. The summed E-state index contributed by atoms with van der Waals surface area (Å²) in [5, 5.41) is 0. The molecule has 0 aliphatic heterocycles. The summed E-state index contributed by atoms with van der Waals surface area (Å²) in [7, 11) is 1.68. The molecule has 1 aromatic rings. The molecule has 0 radical (unpaired) electrons. The van der Waals surface area contributed by atoms with E-state index in [1.165, 1.54) is 5.56 Å². The van der Waals surface area contributed by atoms with Crippen molar-refractivity contribution in [2.75, 3.05) is 12.8 Å². The average molecular weight is 193 g/mol. The van der Waals surface area contributed by atoms with Crippen molar-refractivity contribution in [3.63, 3.8) is 0 Å². The number of aryl methyl sites for hydroxylation is 1. The number of ether oxygens (including phenoxy) is 1. The van der Waals surface area contributed by atoms with E-state index in [4.69, 9.17) is 10.5 Å². The molecule has 1 aromatic carbocycles. The van der Waals surface area contributed by atoms with Crippen molar-refractivity contribution in [1.82, 2.24) is 0 Å². The second kappa shape index (κ2) is 4.89. The number of hydrogen-bond acceptors (Lipinski definition) is 2. The average Bonchev–Trinajstić information content (AvgIpc) is 2.16. The minimum absolute atomic E-state index is 0.709. The highest BCUT2D eigenvalue weighted by atomic mass is 16.5. The number of hydrogen-bond donors (Lipinski definition) is 1. The zero-order valence-electron chi connectivity index (χ0n) is 9.21. The molecular formula is C12H19NO. The number of nitrogen functional groups attached to an aromatic ring is 1. The molecule has 0 amide bonds. The second-order valence-electron chi connectivity index (χ2n) is 4.00. The molecule has 0 saturated heterocycles. The van der Waals surface area contributed by atoms with E-state index in [2.05, 4.69) is 13.8 Å². The number of benzene rings is 1. The molecule has 0 unspecified atom stereocenters. The van der Waals surface area contributed by atoms with Crippen LogP contribution < -0.4 is 10.5 Å². The van der Waals surface area contributed by atoms with Crippen LogP contribution in [0.2, 0.25) is 0 Å². The Kier molecular flexibility index (Phi) is 3.81. The monoisotopic (exact) mass is 193 g/mol. The van der Waals surface area contributed by atoms with E-state index in [1.54, 1.807) is 7.11 Å². The van der Waals surface area contributed by atoms with Gasteiger partial charge in [0.05, 0.1) is 7.11 Å². The topological polar surface area (TPSA) is 35.2 Å². The quantitative estimate of drug-likeness (QED) is 0.746. The Morgan fingerprint density at radius 3 is 2.64 bits per heavy atom. The molecule has 0 spiro atoms. The summed E-state index contributed by atoms with van der Waals surface area (Å²) in [4.78, 5) is 0. The first-order valence-electron chi connectivity index (χ1n) is 5.06. The fraction of sp³-hybridized carbons (Fsp3) is 0.500. The predicted molar refractivity (Wildman–Crippen MR) is 60.6 cm³/mol. The Bertz CT molecular complexity index is 294. The van der Waals surface area contributed by atoms with Gasteiger partial charge in [-0.3, -0.25) is 0 Å². The summed E-state index contributed by atoms with van der Waals surface area (Å²) in [5.41, 5.74) is 7.93. The van der Waals surface area contributed by atoms with Crippen molar-refractivity contribution in [2.24, 2.45) is 5.92 Å². The first kappa shape index (κ1) is 10.9. The molecule has 0 aliphatic carbocycles. The fourth-order valence-corrected chi connectivity index (χ4v) is 1.37. The second-order valence-corrected chi connectivity index (χ2v) is 4.00. The van der Waals surface area contributed by atoms with Gasteiger partial charge in [0, 0.05) is 5.69 Å². The van der Waals surface area contributed by atoms with E-state index < -0.39 is 0 Å². The van der Waals surface area contributed by atoms with Crippen LogP contribution in [-0.4, -0.2) is 7.11 Å². The molecule has 2 heteroatoms. The molecule has 1 rings (SSSR count). The predicted octanol–water partition coefficient (Wildman–Crippen LogP) is 2.87. The summed E-state index contributed by atoms with van der Waals surface area (Å²) in [5.74, 6) is 1.60. The molecule has 0 bridgehead atoms. The minimum atomic E-state index is 0.709.